The molecule has 2 N–H and O–H groups in total. The van der Waals surface area contributed by atoms with Gasteiger partial charge >= 0.3 is 0 Å². The normalized spacial score (nSPS) is 18.4. The number of fused-ring (bicyclic) bond motifs is 1. The number of nitrogens with two attached hydrogens (primary N) is 1. The molecular formula is C15H21N3O2. The first-order valence-corrected chi connectivity index (χ1v) is 7.18. The number of likely N-dealkylation sites (tertiary alicyclic amines) is 1. The average molecular weight is 275 g/mol. The number of ether oxygens (including phenoxy) is 1. The molecule has 0 aromatic heterocycles. The molecule has 2 aliphatic rings. The van der Waals surface area contributed by atoms with E-state index in [0.717, 1.165) is 37.3 Å². The zero-order valence-corrected chi connectivity index (χ0v) is 11.9. The topological polar surface area (TPSA) is 58.8 Å². The molecule has 1 aromatic rings. The van der Waals surface area contributed by atoms with Crippen LogP contribution in [0.2, 0.25) is 0 Å². The van der Waals surface area contributed by atoms with E-state index in [0.29, 0.717) is 18.0 Å². The fourth-order valence-electron chi connectivity index (χ4n) is 3.08. The van der Waals surface area contributed by atoms with Gasteiger partial charge < -0.3 is 15.4 Å². The third kappa shape index (κ3) is 2.33. The van der Waals surface area contributed by atoms with E-state index in [2.05, 4.69) is 4.90 Å². The van der Waals surface area contributed by atoms with Crippen molar-refractivity contribution in [1.82, 2.24) is 4.90 Å². The second-order valence-corrected chi connectivity index (χ2v) is 5.50. The molecule has 0 bridgehead atoms. The Hall–Kier alpha value is -1.75. The van der Waals surface area contributed by atoms with Crippen LogP contribution in [-0.2, 0) is 11.2 Å². The van der Waals surface area contributed by atoms with E-state index in [1.165, 1.54) is 12.8 Å². The third-order valence-corrected chi connectivity index (χ3v) is 4.19. The van der Waals surface area contributed by atoms with Crippen molar-refractivity contribution in [3.63, 3.8) is 0 Å². The van der Waals surface area contributed by atoms with Crippen LogP contribution >= 0.6 is 0 Å². The number of amides is 1. The maximum absolute atomic E-state index is 12.4. The van der Waals surface area contributed by atoms with E-state index < -0.39 is 0 Å². The van der Waals surface area contributed by atoms with Crippen molar-refractivity contribution < 1.29 is 9.53 Å². The monoisotopic (exact) mass is 275 g/mol. The molecule has 0 atom stereocenters. The molecule has 2 aliphatic heterocycles. The zero-order valence-electron chi connectivity index (χ0n) is 11.9. The first-order chi connectivity index (χ1) is 9.69. The van der Waals surface area contributed by atoms with Crippen LogP contribution in [0, 0.1) is 0 Å². The lowest BCUT2D eigenvalue weighted by atomic mass is 10.1. The smallest absolute Gasteiger partial charge is 0.241 e. The number of methoxy groups -OCH3 is 1. The van der Waals surface area contributed by atoms with Crippen LogP contribution in [0.4, 0.5) is 11.4 Å². The van der Waals surface area contributed by atoms with Gasteiger partial charge in [-0.1, -0.05) is 0 Å². The fourth-order valence-corrected chi connectivity index (χ4v) is 3.08. The van der Waals surface area contributed by atoms with Gasteiger partial charge in [0.15, 0.2) is 0 Å². The van der Waals surface area contributed by atoms with Crippen molar-refractivity contribution in [2.45, 2.75) is 19.3 Å². The predicted octanol–water partition coefficient (Wildman–Crippen LogP) is 1.26. The molecular weight excluding hydrogens is 254 g/mol. The quantitative estimate of drug-likeness (QED) is 0.844. The maximum Gasteiger partial charge on any atom is 0.241 e. The Morgan fingerprint density at radius 2 is 2.05 bits per heavy atom. The number of carbonyl (C=O) groups excluding carboxylic acids is 1. The minimum atomic E-state index is 0.176. The molecule has 1 saturated heterocycles. The highest BCUT2D eigenvalue weighted by atomic mass is 16.5. The Morgan fingerprint density at radius 3 is 2.75 bits per heavy atom. The summed E-state index contributed by atoms with van der Waals surface area (Å²) in [6, 6.07) is 3.82. The number of anilines is 2. The van der Waals surface area contributed by atoms with Crippen LogP contribution in [0.15, 0.2) is 12.1 Å². The second-order valence-electron chi connectivity index (χ2n) is 5.50. The van der Waals surface area contributed by atoms with E-state index in [1.807, 2.05) is 17.0 Å². The summed E-state index contributed by atoms with van der Waals surface area (Å²) in [6.07, 6.45) is 3.28. The molecule has 5 nitrogen and oxygen atoms in total. The lowest BCUT2D eigenvalue weighted by molar-refractivity contribution is -0.119. The molecule has 1 fully saturated rings. The Kier molecular flexibility index (Phi) is 3.53. The number of rotatable bonds is 3. The SMILES string of the molecule is COc1cc2c(cc1N)N(C(=O)CN1CCCC1)CC2. The zero-order chi connectivity index (χ0) is 14.1. The first-order valence-electron chi connectivity index (χ1n) is 7.18. The molecule has 2 heterocycles. The Balaban J connectivity index is 1.78. The third-order valence-electron chi connectivity index (χ3n) is 4.19. The molecule has 20 heavy (non-hydrogen) atoms. The van der Waals surface area contributed by atoms with E-state index in [4.69, 9.17) is 10.5 Å². The Bertz CT molecular complexity index is 524. The lowest BCUT2D eigenvalue weighted by Crippen LogP contribution is -2.38. The van der Waals surface area contributed by atoms with Crippen molar-refractivity contribution in [2.75, 3.05) is 43.9 Å². The van der Waals surface area contributed by atoms with Gasteiger partial charge in [-0.3, -0.25) is 9.69 Å². The van der Waals surface area contributed by atoms with Crippen molar-refractivity contribution in [3.05, 3.63) is 17.7 Å². The number of hydrogen-bond donors (Lipinski definition) is 1. The number of benzene rings is 1. The number of nitrogen functional groups attached to an aromatic ring is 1. The summed E-state index contributed by atoms with van der Waals surface area (Å²) in [6.45, 7) is 3.34. The molecule has 0 spiro atoms. The summed E-state index contributed by atoms with van der Waals surface area (Å²) in [7, 11) is 1.61. The fraction of sp³-hybridized carbons (Fsp3) is 0.533. The molecule has 108 valence electrons. The van der Waals surface area contributed by atoms with Crippen molar-refractivity contribution >= 4 is 17.3 Å². The van der Waals surface area contributed by atoms with Crippen molar-refractivity contribution in [3.8, 4) is 5.75 Å². The van der Waals surface area contributed by atoms with Gasteiger partial charge in [-0.05, 0) is 50.0 Å². The van der Waals surface area contributed by atoms with Gasteiger partial charge in [-0.25, -0.2) is 0 Å². The van der Waals surface area contributed by atoms with Crippen LogP contribution in [0.3, 0.4) is 0 Å². The molecule has 1 aromatic carbocycles. The van der Waals surface area contributed by atoms with Crippen molar-refractivity contribution in [1.29, 1.82) is 0 Å². The summed E-state index contributed by atoms with van der Waals surface area (Å²) in [5.41, 5.74) is 8.64. The van der Waals surface area contributed by atoms with Gasteiger partial charge in [0.25, 0.3) is 0 Å². The highest BCUT2D eigenvalue weighted by Gasteiger charge is 2.27. The average Bonchev–Trinajstić information content (AvgIpc) is 3.06. The Labute approximate surface area is 119 Å². The number of carbonyl (C=O) groups is 1. The van der Waals surface area contributed by atoms with Crippen LogP contribution in [0.25, 0.3) is 0 Å². The summed E-state index contributed by atoms with van der Waals surface area (Å²) in [5, 5.41) is 0. The first kappa shape index (κ1) is 13.2. The molecule has 0 radical (unpaired) electrons. The predicted molar refractivity (Wildman–Crippen MR) is 79.1 cm³/mol. The van der Waals surface area contributed by atoms with Crippen LogP contribution in [0.1, 0.15) is 18.4 Å². The highest BCUT2D eigenvalue weighted by molar-refractivity contribution is 5.97. The minimum absolute atomic E-state index is 0.176. The van der Waals surface area contributed by atoms with Gasteiger partial charge in [0.1, 0.15) is 5.75 Å². The van der Waals surface area contributed by atoms with Gasteiger partial charge in [-0.2, -0.15) is 0 Å². The van der Waals surface area contributed by atoms with Gasteiger partial charge in [0.2, 0.25) is 5.91 Å². The molecule has 0 saturated carbocycles. The lowest BCUT2D eigenvalue weighted by Gasteiger charge is -2.22. The van der Waals surface area contributed by atoms with Gasteiger partial charge in [0, 0.05) is 12.2 Å². The van der Waals surface area contributed by atoms with Crippen molar-refractivity contribution in [2.24, 2.45) is 0 Å². The number of nitrogens with zero attached hydrogens (tertiary/aromatic N) is 2. The molecule has 1 amide bonds. The Morgan fingerprint density at radius 1 is 1.30 bits per heavy atom. The van der Waals surface area contributed by atoms with E-state index in [9.17, 15) is 4.79 Å². The summed E-state index contributed by atoms with van der Waals surface area (Å²) >= 11 is 0. The van der Waals surface area contributed by atoms with E-state index >= 15 is 0 Å². The molecule has 0 aliphatic carbocycles. The summed E-state index contributed by atoms with van der Waals surface area (Å²) in [4.78, 5) is 16.5. The van der Waals surface area contributed by atoms with Crippen LogP contribution in [-0.4, -0.2) is 44.1 Å². The number of hydrogen-bond acceptors (Lipinski definition) is 4. The van der Waals surface area contributed by atoms with Gasteiger partial charge in [-0.15, -0.1) is 0 Å². The highest BCUT2D eigenvalue weighted by Crippen LogP contribution is 2.35. The second kappa shape index (κ2) is 5.32. The van der Waals surface area contributed by atoms with E-state index in [-0.39, 0.29) is 5.91 Å². The standard InChI is InChI=1S/C15H21N3O2/c1-20-14-8-11-4-7-18(13(11)9-12(14)16)15(19)10-17-5-2-3-6-17/h8-9H,2-7,10,16H2,1H3. The van der Waals surface area contributed by atoms with E-state index in [1.54, 1.807) is 7.11 Å². The van der Waals surface area contributed by atoms with Crippen LogP contribution < -0.4 is 15.4 Å². The largest absolute Gasteiger partial charge is 0.495 e. The molecule has 5 heteroatoms. The molecule has 3 rings (SSSR count). The molecule has 0 unspecified atom stereocenters. The summed E-state index contributed by atoms with van der Waals surface area (Å²) in [5.74, 6) is 0.868. The van der Waals surface area contributed by atoms with Crippen LogP contribution in [0.5, 0.6) is 5.75 Å². The summed E-state index contributed by atoms with van der Waals surface area (Å²) < 4.78 is 5.24. The van der Waals surface area contributed by atoms with Gasteiger partial charge in [0.05, 0.1) is 19.3 Å². The minimum Gasteiger partial charge on any atom is -0.495 e. The maximum atomic E-state index is 12.4.